The lowest BCUT2D eigenvalue weighted by atomic mass is 9.99. The molecule has 1 aliphatic rings. The highest BCUT2D eigenvalue weighted by Crippen LogP contribution is 2.14. The summed E-state index contributed by atoms with van der Waals surface area (Å²) in [7, 11) is 0. The molecular weight excluding hydrogens is 180 g/mol. The SMILES string of the molecule is CCCN1C(=O)CC(C(C)C)NC1=O. The summed E-state index contributed by atoms with van der Waals surface area (Å²) in [5.41, 5.74) is 0. The summed E-state index contributed by atoms with van der Waals surface area (Å²) in [5.74, 6) is 0.265. The van der Waals surface area contributed by atoms with Crippen LogP contribution in [-0.4, -0.2) is 29.4 Å². The van der Waals surface area contributed by atoms with Gasteiger partial charge in [0.25, 0.3) is 0 Å². The van der Waals surface area contributed by atoms with Crippen LogP contribution in [0, 0.1) is 5.92 Å². The number of nitrogens with one attached hydrogen (secondary N) is 1. The first-order chi connectivity index (χ1) is 6.56. The molecule has 4 heteroatoms. The van der Waals surface area contributed by atoms with E-state index in [1.54, 1.807) is 0 Å². The maximum atomic E-state index is 11.6. The van der Waals surface area contributed by atoms with Crippen molar-refractivity contribution in [3.63, 3.8) is 0 Å². The predicted molar refractivity (Wildman–Crippen MR) is 53.8 cm³/mol. The van der Waals surface area contributed by atoms with Gasteiger partial charge in [0.05, 0.1) is 0 Å². The molecule has 1 aliphatic heterocycles. The zero-order chi connectivity index (χ0) is 10.7. The molecule has 0 radical (unpaired) electrons. The van der Waals surface area contributed by atoms with Crippen molar-refractivity contribution in [2.45, 2.75) is 39.7 Å². The molecule has 0 aromatic rings. The van der Waals surface area contributed by atoms with E-state index in [1.807, 2.05) is 20.8 Å². The van der Waals surface area contributed by atoms with Gasteiger partial charge >= 0.3 is 6.03 Å². The number of imide groups is 1. The molecule has 80 valence electrons. The molecule has 1 saturated heterocycles. The lowest BCUT2D eigenvalue weighted by molar-refractivity contribution is -0.130. The third-order valence-electron chi connectivity index (χ3n) is 2.50. The average molecular weight is 198 g/mol. The Labute approximate surface area is 84.7 Å². The number of rotatable bonds is 3. The Kier molecular flexibility index (Phi) is 3.49. The van der Waals surface area contributed by atoms with Crippen LogP contribution in [-0.2, 0) is 4.79 Å². The highest BCUT2D eigenvalue weighted by molar-refractivity contribution is 5.97. The van der Waals surface area contributed by atoms with Crippen molar-refractivity contribution in [2.24, 2.45) is 5.92 Å². The van der Waals surface area contributed by atoms with E-state index in [1.165, 1.54) is 4.90 Å². The molecule has 4 nitrogen and oxygen atoms in total. The lowest BCUT2D eigenvalue weighted by Gasteiger charge is -2.33. The van der Waals surface area contributed by atoms with Gasteiger partial charge in [0, 0.05) is 19.0 Å². The molecule has 1 fully saturated rings. The number of carbonyl (C=O) groups excluding carboxylic acids is 2. The number of carbonyl (C=O) groups is 2. The molecule has 3 amide bonds. The molecule has 0 aromatic carbocycles. The van der Waals surface area contributed by atoms with Gasteiger partial charge < -0.3 is 5.32 Å². The summed E-state index contributed by atoms with van der Waals surface area (Å²) in [5, 5.41) is 2.85. The number of amides is 3. The maximum absolute atomic E-state index is 11.6. The molecule has 0 aromatic heterocycles. The highest BCUT2D eigenvalue weighted by atomic mass is 16.2. The van der Waals surface area contributed by atoms with E-state index in [-0.39, 0.29) is 18.0 Å². The largest absolute Gasteiger partial charge is 0.334 e. The van der Waals surface area contributed by atoms with Gasteiger partial charge in [0.2, 0.25) is 5.91 Å². The smallest absolute Gasteiger partial charge is 0.324 e. The fourth-order valence-electron chi connectivity index (χ4n) is 1.55. The minimum absolute atomic E-state index is 0.00288. The van der Waals surface area contributed by atoms with Crippen LogP contribution in [0.1, 0.15) is 33.6 Å². The van der Waals surface area contributed by atoms with Crippen LogP contribution < -0.4 is 5.32 Å². The summed E-state index contributed by atoms with van der Waals surface area (Å²) in [6.45, 7) is 6.49. The van der Waals surface area contributed by atoms with Gasteiger partial charge in [-0.2, -0.15) is 0 Å². The van der Waals surface area contributed by atoms with Crippen LogP contribution in [0.15, 0.2) is 0 Å². The molecular formula is C10H18N2O2. The van der Waals surface area contributed by atoms with Gasteiger partial charge in [-0.25, -0.2) is 4.79 Å². The topological polar surface area (TPSA) is 49.4 Å². The molecule has 0 aliphatic carbocycles. The third kappa shape index (κ3) is 2.25. The number of hydrogen-bond acceptors (Lipinski definition) is 2. The summed E-state index contributed by atoms with van der Waals surface area (Å²) < 4.78 is 0. The van der Waals surface area contributed by atoms with Gasteiger partial charge in [-0.3, -0.25) is 9.69 Å². The molecule has 0 bridgehead atoms. The van der Waals surface area contributed by atoms with Gasteiger partial charge in [-0.05, 0) is 12.3 Å². The Bertz CT molecular complexity index is 220. The van der Waals surface area contributed by atoms with Gasteiger partial charge in [-0.15, -0.1) is 0 Å². The van der Waals surface area contributed by atoms with E-state index in [0.717, 1.165) is 6.42 Å². The minimum atomic E-state index is -0.234. The number of hydrogen-bond donors (Lipinski definition) is 1. The minimum Gasteiger partial charge on any atom is -0.334 e. The van der Waals surface area contributed by atoms with Crippen LogP contribution >= 0.6 is 0 Å². The van der Waals surface area contributed by atoms with Crippen LogP contribution in [0.2, 0.25) is 0 Å². The van der Waals surface area contributed by atoms with Crippen molar-refractivity contribution in [2.75, 3.05) is 6.54 Å². The molecule has 0 saturated carbocycles. The molecule has 1 N–H and O–H groups in total. The van der Waals surface area contributed by atoms with Crippen molar-refractivity contribution in [3.05, 3.63) is 0 Å². The molecule has 1 rings (SSSR count). The van der Waals surface area contributed by atoms with E-state index < -0.39 is 0 Å². The second-order valence-electron chi connectivity index (χ2n) is 4.05. The fourth-order valence-corrected chi connectivity index (χ4v) is 1.55. The molecule has 1 atom stereocenters. The Morgan fingerprint density at radius 1 is 1.50 bits per heavy atom. The van der Waals surface area contributed by atoms with E-state index in [4.69, 9.17) is 0 Å². The monoisotopic (exact) mass is 198 g/mol. The Balaban J connectivity index is 2.63. The van der Waals surface area contributed by atoms with Crippen molar-refractivity contribution in [3.8, 4) is 0 Å². The summed E-state index contributed by atoms with van der Waals surface area (Å²) in [4.78, 5) is 24.4. The van der Waals surface area contributed by atoms with Crippen molar-refractivity contribution in [1.82, 2.24) is 10.2 Å². The standard InChI is InChI=1S/C10H18N2O2/c1-4-5-12-9(13)6-8(7(2)3)11-10(12)14/h7-8H,4-6H2,1-3H3,(H,11,14). The van der Waals surface area contributed by atoms with Gasteiger partial charge in [-0.1, -0.05) is 20.8 Å². The van der Waals surface area contributed by atoms with Crippen molar-refractivity contribution < 1.29 is 9.59 Å². The summed E-state index contributed by atoms with van der Waals surface area (Å²) in [6.07, 6.45) is 1.24. The number of nitrogens with zero attached hydrogens (tertiary/aromatic N) is 1. The number of urea groups is 1. The summed E-state index contributed by atoms with van der Waals surface area (Å²) >= 11 is 0. The first-order valence-electron chi connectivity index (χ1n) is 5.17. The zero-order valence-electron chi connectivity index (χ0n) is 9.04. The van der Waals surface area contributed by atoms with Gasteiger partial charge in [0.1, 0.15) is 0 Å². The zero-order valence-corrected chi connectivity index (χ0v) is 9.04. The van der Waals surface area contributed by atoms with Crippen LogP contribution in [0.3, 0.4) is 0 Å². The Morgan fingerprint density at radius 3 is 2.57 bits per heavy atom. The second-order valence-corrected chi connectivity index (χ2v) is 4.05. The van der Waals surface area contributed by atoms with Crippen molar-refractivity contribution in [1.29, 1.82) is 0 Å². The normalized spacial score (nSPS) is 22.9. The quantitative estimate of drug-likeness (QED) is 0.744. The fraction of sp³-hybridized carbons (Fsp3) is 0.800. The first-order valence-corrected chi connectivity index (χ1v) is 5.17. The Hall–Kier alpha value is -1.06. The average Bonchev–Trinajstić information content (AvgIpc) is 2.10. The third-order valence-corrected chi connectivity index (χ3v) is 2.50. The molecule has 14 heavy (non-hydrogen) atoms. The predicted octanol–water partition coefficient (Wildman–Crippen LogP) is 1.36. The maximum Gasteiger partial charge on any atom is 0.324 e. The molecule has 0 spiro atoms. The Morgan fingerprint density at radius 2 is 2.14 bits per heavy atom. The molecule has 1 heterocycles. The lowest BCUT2D eigenvalue weighted by Crippen LogP contribution is -2.56. The van der Waals surface area contributed by atoms with E-state index in [9.17, 15) is 9.59 Å². The van der Waals surface area contributed by atoms with Crippen molar-refractivity contribution >= 4 is 11.9 Å². The van der Waals surface area contributed by atoms with Gasteiger partial charge in [0.15, 0.2) is 0 Å². The second kappa shape index (κ2) is 4.44. The van der Waals surface area contributed by atoms with E-state index in [0.29, 0.717) is 18.9 Å². The first kappa shape index (κ1) is 11.0. The van der Waals surface area contributed by atoms with Crippen LogP contribution in [0.4, 0.5) is 4.79 Å². The summed E-state index contributed by atoms with van der Waals surface area (Å²) in [6, 6.07) is -0.232. The van der Waals surface area contributed by atoms with Crippen LogP contribution in [0.25, 0.3) is 0 Å². The van der Waals surface area contributed by atoms with E-state index >= 15 is 0 Å². The highest BCUT2D eigenvalue weighted by Gasteiger charge is 2.32. The van der Waals surface area contributed by atoms with E-state index in [2.05, 4.69) is 5.32 Å². The molecule has 1 unspecified atom stereocenters. The van der Waals surface area contributed by atoms with Crippen LogP contribution in [0.5, 0.6) is 0 Å².